The number of hydrogen-bond donors (Lipinski definition) is 0. The zero-order valence-electron chi connectivity index (χ0n) is 25.4. The maximum Gasteiger partial charge on any atom is 0.338 e. The van der Waals surface area contributed by atoms with Crippen LogP contribution in [0.15, 0.2) is 92.4 Å². The van der Waals surface area contributed by atoms with Gasteiger partial charge in [-0.25, -0.2) is 9.79 Å². The molecule has 0 amide bonds. The van der Waals surface area contributed by atoms with Gasteiger partial charge in [0.05, 0.1) is 39.6 Å². The molecule has 5 aromatic rings. The number of halogens is 3. The molecule has 7 nitrogen and oxygen atoms in total. The van der Waals surface area contributed by atoms with Crippen molar-refractivity contribution in [1.29, 1.82) is 0 Å². The Labute approximate surface area is 288 Å². The van der Waals surface area contributed by atoms with Crippen molar-refractivity contribution in [3.63, 3.8) is 0 Å². The second kappa shape index (κ2) is 13.6. The molecule has 0 radical (unpaired) electrons. The average molecular weight is 740 g/mol. The first-order valence-electron chi connectivity index (χ1n) is 14.8. The number of thiazole rings is 1. The van der Waals surface area contributed by atoms with E-state index in [-0.39, 0.29) is 12.2 Å². The SMILES string of the molecule is CCCC1=C(C(=O)OCC)[C@@H](c2cc(Br)ccc2OC)n2c(s/c(=C/c3cn(Cc4ccc(Cl)c(Cl)c4)c4ccccc34)c2=O)=N1. The number of carbonyl (C=O) groups is 1. The Kier molecular flexibility index (Phi) is 9.57. The minimum Gasteiger partial charge on any atom is -0.496 e. The van der Waals surface area contributed by atoms with E-state index >= 15 is 0 Å². The monoisotopic (exact) mass is 737 g/mol. The number of nitrogens with zero attached hydrogens (tertiary/aromatic N) is 3. The van der Waals surface area contributed by atoms with Crippen molar-refractivity contribution < 1.29 is 14.3 Å². The number of carbonyl (C=O) groups excluding carboxylic acids is 1. The Hall–Kier alpha value is -3.63. The third-order valence-electron chi connectivity index (χ3n) is 7.82. The Balaban J connectivity index is 1.56. The summed E-state index contributed by atoms with van der Waals surface area (Å²) in [5, 5.41) is 2.00. The quantitative estimate of drug-likeness (QED) is 0.146. The van der Waals surface area contributed by atoms with E-state index in [1.54, 1.807) is 24.7 Å². The molecule has 0 N–H and O–H groups in total. The summed E-state index contributed by atoms with van der Waals surface area (Å²) in [6, 6.07) is 18.4. The van der Waals surface area contributed by atoms with Gasteiger partial charge in [0.15, 0.2) is 4.80 Å². The molecule has 46 heavy (non-hydrogen) atoms. The van der Waals surface area contributed by atoms with E-state index in [4.69, 9.17) is 37.7 Å². The van der Waals surface area contributed by atoms with Crippen molar-refractivity contribution in [1.82, 2.24) is 9.13 Å². The smallest absolute Gasteiger partial charge is 0.338 e. The molecule has 236 valence electrons. The molecule has 0 saturated heterocycles. The fourth-order valence-corrected chi connectivity index (χ4v) is 7.54. The first-order valence-corrected chi connectivity index (χ1v) is 17.2. The van der Waals surface area contributed by atoms with Gasteiger partial charge in [-0.3, -0.25) is 9.36 Å². The summed E-state index contributed by atoms with van der Waals surface area (Å²) in [7, 11) is 1.57. The third kappa shape index (κ3) is 6.09. The second-order valence-corrected chi connectivity index (χ2v) is 13.5. The van der Waals surface area contributed by atoms with E-state index in [1.807, 2.05) is 73.8 Å². The van der Waals surface area contributed by atoms with E-state index < -0.39 is 12.0 Å². The normalized spacial score (nSPS) is 14.8. The number of aromatic nitrogens is 2. The number of allylic oxidation sites excluding steroid dienone is 1. The van der Waals surface area contributed by atoms with Gasteiger partial charge in [0, 0.05) is 39.2 Å². The van der Waals surface area contributed by atoms with Crippen molar-refractivity contribution in [2.75, 3.05) is 13.7 Å². The standard InChI is InChI=1S/C35H30BrCl2N3O4S/c1-4-8-27-31(34(43)45-5-2)32(24-17-22(36)12-14-29(24)44-3)41-33(42)30(46-35(41)39-27)16-21-19-40(28-10-7-6-9-23(21)28)18-20-11-13-25(37)26(38)15-20/h6-7,9-17,19,32H,4-5,8,18H2,1-3H3/b30-16+/t32-/m1/s1. The lowest BCUT2D eigenvalue weighted by molar-refractivity contribution is -0.139. The maximum atomic E-state index is 14.4. The van der Waals surface area contributed by atoms with Crippen LogP contribution in [0, 0.1) is 0 Å². The maximum absolute atomic E-state index is 14.4. The Bertz CT molecular complexity index is 2200. The predicted octanol–water partition coefficient (Wildman–Crippen LogP) is 7.66. The first kappa shape index (κ1) is 32.3. The molecule has 1 atom stereocenters. The molecule has 2 aromatic heterocycles. The van der Waals surface area contributed by atoms with Gasteiger partial charge in [0.25, 0.3) is 5.56 Å². The van der Waals surface area contributed by atoms with Gasteiger partial charge in [0.1, 0.15) is 11.8 Å². The number of hydrogen-bond acceptors (Lipinski definition) is 6. The van der Waals surface area contributed by atoms with Gasteiger partial charge in [0.2, 0.25) is 0 Å². The highest BCUT2D eigenvalue weighted by Gasteiger charge is 2.36. The van der Waals surface area contributed by atoms with Crippen LogP contribution in [0.25, 0.3) is 17.0 Å². The minimum atomic E-state index is -0.789. The molecule has 0 aliphatic carbocycles. The lowest BCUT2D eigenvalue weighted by Crippen LogP contribution is -2.40. The van der Waals surface area contributed by atoms with Crippen molar-refractivity contribution in [2.24, 2.45) is 4.99 Å². The van der Waals surface area contributed by atoms with Gasteiger partial charge >= 0.3 is 5.97 Å². The molecule has 0 unspecified atom stereocenters. The largest absolute Gasteiger partial charge is 0.496 e. The molecule has 0 spiro atoms. The summed E-state index contributed by atoms with van der Waals surface area (Å²) >= 11 is 17.3. The van der Waals surface area contributed by atoms with Gasteiger partial charge < -0.3 is 14.0 Å². The zero-order chi connectivity index (χ0) is 32.5. The van der Waals surface area contributed by atoms with Crippen LogP contribution in [-0.4, -0.2) is 28.8 Å². The number of methoxy groups -OCH3 is 1. The number of esters is 1. The molecule has 3 heterocycles. The van der Waals surface area contributed by atoms with Crippen LogP contribution in [0.3, 0.4) is 0 Å². The molecule has 11 heteroatoms. The van der Waals surface area contributed by atoms with Crippen molar-refractivity contribution in [3.8, 4) is 5.75 Å². The van der Waals surface area contributed by atoms with Crippen LogP contribution in [0.2, 0.25) is 10.0 Å². The number of benzene rings is 3. The van der Waals surface area contributed by atoms with Crippen LogP contribution in [0.4, 0.5) is 0 Å². The zero-order valence-corrected chi connectivity index (χ0v) is 29.3. The second-order valence-electron chi connectivity index (χ2n) is 10.8. The van der Waals surface area contributed by atoms with Crippen LogP contribution in [0.1, 0.15) is 49.4 Å². The molecule has 0 bridgehead atoms. The van der Waals surface area contributed by atoms with Crippen LogP contribution in [0.5, 0.6) is 5.75 Å². The molecular weight excluding hydrogens is 709 g/mol. The van der Waals surface area contributed by atoms with E-state index in [9.17, 15) is 9.59 Å². The fourth-order valence-electron chi connectivity index (χ4n) is 5.83. The molecule has 0 fully saturated rings. The van der Waals surface area contributed by atoms with E-state index in [2.05, 4.69) is 20.5 Å². The summed E-state index contributed by atoms with van der Waals surface area (Å²) in [5.41, 5.74) is 4.26. The Morgan fingerprint density at radius 2 is 1.89 bits per heavy atom. The Morgan fingerprint density at radius 1 is 1.09 bits per heavy atom. The van der Waals surface area contributed by atoms with Gasteiger partial charge in [-0.15, -0.1) is 0 Å². The number of para-hydroxylation sites is 1. The lowest BCUT2D eigenvalue weighted by Gasteiger charge is -2.27. The van der Waals surface area contributed by atoms with Crippen LogP contribution < -0.4 is 19.6 Å². The summed E-state index contributed by atoms with van der Waals surface area (Å²) < 4.78 is 16.3. The summed E-state index contributed by atoms with van der Waals surface area (Å²) in [6.45, 7) is 4.56. The topological polar surface area (TPSA) is 74.8 Å². The van der Waals surface area contributed by atoms with Crippen molar-refractivity contribution in [3.05, 3.63) is 129 Å². The van der Waals surface area contributed by atoms with Gasteiger partial charge in [-0.1, -0.05) is 88.1 Å². The number of ether oxygens (including phenoxy) is 2. The highest BCUT2D eigenvalue weighted by atomic mass is 79.9. The van der Waals surface area contributed by atoms with E-state index in [1.165, 1.54) is 11.3 Å². The minimum absolute atomic E-state index is 0.195. The van der Waals surface area contributed by atoms with Crippen LogP contribution in [-0.2, 0) is 16.1 Å². The van der Waals surface area contributed by atoms with E-state index in [0.717, 1.165) is 32.9 Å². The molecule has 1 aliphatic rings. The summed E-state index contributed by atoms with van der Waals surface area (Å²) in [6.07, 6.45) is 5.25. The summed E-state index contributed by atoms with van der Waals surface area (Å²) in [4.78, 5) is 33.4. The molecule has 0 saturated carbocycles. The lowest BCUT2D eigenvalue weighted by atomic mass is 9.93. The molecule has 6 rings (SSSR count). The predicted molar refractivity (Wildman–Crippen MR) is 188 cm³/mol. The van der Waals surface area contributed by atoms with E-state index in [0.29, 0.717) is 54.9 Å². The van der Waals surface area contributed by atoms with Crippen molar-refractivity contribution >= 4 is 73.4 Å². The highest BCUT2D eigenvalue weighted by molar-refractivity contribution is 9.10. The third-order valence-corrected chi connectivity index (χ3v) is 10.0. The summed E-state index contributed by atoms with van der Waals surface area (Å²) in [5.74, 6) is 0.0501. The van der Waals surface area contributed by atoms with Gasteiger partial charge in [-0.2, -0.15) is 0 Å². The highest BCUT2D eigenvalue weighted by Crippen LogP contribution is 2.38. The fraction of sp³-hybridized carbons (Fsp3) is 0.229. The van der Waals surface area contributed by atoms with Crippen LogP contribution >= 0.6 is 50.5 Å². The average Bonchev–Trinajstić information content (AvgIpc) is 3.54. The molecule has 1 aliphatic heterocycles. The molecular formula is C35H30BrCl2N3O4S. The Morgan fingerprint density at radius 3 is 2.63 bits per heavy atom. The number of rotatable bonds is 9. The number of fused-ring (bicyclic) bond motifs is 2. The first-order chi connectivity index (χ1) is 22.2. The van der Waals surface area contributed by atoms with Gasteiger partial charge in [-0.05, 0) is 61.4 Å². The molecule has 3 aromatic carbocycles. The van der Waals surface area contributed by atoms with Crippen molar-refractivity contribution in [2.45, 2.75) is 39.3 Å².